The van der Waals surface area contributed by atoms with Crippen molar-refractivity contribution in [3.8, 4) is 5.75 Å². The van der Waals surface area contributed by atoms with Gasteiger partial charge in [0, 0.05) is 0 Å². The Morgan fingerprint density at radius 3 is 1.91 bits per heavy atom. The van der Waals surface area contributed by atoms with E-state index in [0.717, 1.165) is 0 Å². The Hall–Kier alpha value is -4.55. The van der Waals surface area contributed by atoms with Crippen molar-refractivity contribution in [2.24, 2.45) is 5.10 Å². The minimum absolute atomic E-state index is 0.342. The molecule has 0 heterocycles. The molecule has 0 fully saturated rings. The van der Waals surface area contributed by atoms with Gasteiger partial charge >= 0.3 is 5.97 Å². The summed E-state index contributed by atoms with van der Waals surface area (Å²) in [5, 5.41) is 15.4. The number of hydrazone groups is 1. The summed E-state index contributed by atoms with van der Waals surface area (Å²) in [5.74, 6) is -0.833. The van der Waals surface area contributed by atoms with Gasteiger partial charge in [-0.2, -0.15) is 5.10 Å². The first-order valence-electron chi connectivity index (χ1n) is 10.6. The van der Waals surface area contributed by atoms with E-state index in [9.17, 15) is 14.7 Å². The van der Waals surface area contributed by atoms with Crippen LogP contribution in [0.3, 0.4) is 0 Å². The van der Waals surface area contributed by atoms with Gasteiger partial charge in [-0.3, -0.25) is 4.79 Å². The topological polar surface area (TPSA) is 88.0 Å². The Morgan fingerprint density at radius 1 is 0.765 bits per heavy atom. The molecule has 4 aromatic carbocycles. The third kappa shape index (κ3) is 5.09. The Kier molecular flexibility index (Phi) is 6.91. The minimum atomic E-state index is -1.92. The molecule has 2 N–H and O–H groups in total. The largest absolute Gasteiger partial charge is 0.423 e. The predicted molar refractivity (Wildman–Crippen MR) is 129 cm³/mol. The van der Waals surface area contributed by atoms with Crippen LogP contribution in [0, 0.1) is 0 Å². The molecule has 4 rings (SSSR count). The van der Waals surface area contributed by atoms with E-state index in [1.54, 1.807) is 97.1 Å². The lowest BCUT2D eigenvalue weighted by atomic mass is 9.85. The first-order valence-corrected chi connectivity index (χ1v) is 10.6. The maximum Gasteiger partial charge on any atom is 0.343 e. The van der Waals surface area contributed by atoms with E-state index in [2.05, 4.69) is 10.5 Å². The van der Waals surface area contributed by atoms with Crippen molar-refractivity contribution in [1.29, 1.82) is 0 Å². The third-order valence-corrected chi connectivity index (χ3v) is 5.17. The lowest BCUT2D eigenvalue weighted by Crippen LogP contribution is -2.43. The lowest BCUT2D eigenvalue weighted by molar-refractivity contribution is -0.136. The van der Waals surface area contributed by atoms with Crippen molar-refractivity contribution < 1.29 is 19.4 Å². The van der Waals surface area contributed by atoms with Crippen molar-refractivity contribution in [1.82, 2.24) is 5.43 Å². The Labute approximate surface area is 197 Å². The Balaban J connectivity index is 1.49. The van der Waals surface area contributed by atoms with Crippen LogP contribution in [0.2, 0.25) is 0 Å². The number of esters is 1. The van der Waals surface area contributed by atoms with Gasteiger partial charge in [-0.05, 0) is 41.0 Å². The van der Waals surface area contributed by atoms with Crippen molar-refractivity contribution in [3.63, 3.8) is 0 Å². The fourth-order valence-electron chi connectivity index (χ4n) is 3.43. The highest BCUT2D eigenvalue weighted by Gasteiger charge is 2.39. The van der Waals surface area contributed by atoms with Crippen LogP contribution in [0.15, 0.2) is 120 Å². The van der Waals surface area contributed by atoms with Crippen LogP contribution in [-0.2, 0) is 10.4 Å². The summed E-state index contributed by atoms with van der Waals surface area (Å²) in [5.41, 5.74) is 2.38. The highest BCUT2D eigenvalue weighted by molar-refractivity contribution is 5.92. The van der Waals surface area contributed by atoms with Gasteiger partial charge in [-0.25, -0.2) is 10.2 Å². The van der Waals surface area contributed by atoms with E-state index < -0.39 is 17.5 Å². The Morgan fingerprint density at radius 2 is 1.32 bits per heavy atom. The normalized spacial score (nSPS) is 11.2. The molecule has 0 spiro atoms. The molecular formula is C28H22N2O4. The SMILES string of the molecule is O=C(Oc1cccc(C=NNC(=O)C(O)(c2ccccc2)c2ccccc2)c1)c1ccccc1. The first-order chi connectivity index (χ1) is 16.6. The van der Waals surface area contributed by atoms with Crippen LogP contribution in [0.5, 0.6) is 5.75 Å². The van der Waals surface area contributed by atoms with Gasteiger partial charge in [0.25, 0.3) is 5.91 Å². The molecule has 0 radical (unpaired) electrons. The second-order valence-electron chi connectivity index (χ2n) is 7.47. The van der Waals surface area contributed by atoms with Gasteiger partial charge in [0.2, 0.25) is 0 Å². The van der Waals surface area contributed by atoms with E-state index >= 15 is 0 Å². The average molecular weight is 450 g/mol. The number of nitrogens with one attached hydrogen (secondary N) is 1. The summed E-state index contributed by atoms with van der Waals surface area (Å²) in [6.45, 7) is 0. The second-order valence-corrected chi connectivity index (χ2v) is 7.47. The number of nitrogens with zero attached hydrogens (tertiary/aromatic N) is 1. The number of rotatable bonds is 7. The highest BCUT2D eigenvalue weighted by atomic mass is 16.5. The molecule has 0 unspecified atom stereocenters. The summed E-state index contributed by atoms with van der Waals surface area (Å²) in [6.07, 6.45) is 1.41. The summed E-state index contributed by atoms with van der Waals surface area (Å²) in [6, 6.07) is 32.8. The van der Waals surface area contributed by atoms with Gasteiger partial charge < -0.3 is 9.84 Å². The van der Waals surface area contributed by atoms with Crippen LogP contribution in [-0.4, -0.2) is 23.2 Å². The molecule has 34 heavy (non-hydrogen) atoms. The van der Waals surface area contributed by atoms with Gasteiger partial charge in [-0.1, -0.05) is 91.0 Å². The number of carbonyl (C=O) groups excluding carboxylic acids is 2. The molecule has 6 heteroatoms. The number of hydrogen-bond donors (Lipinski definition) is 2. The Bertz CT molecular complexity index is 1250. The van der Waals surface area contributed by atoms with Gasteiger partial charge in [0.15, 0.2) is 5.60 Å². The first kappa shape index (κ1) is 22.6. The summed E-state index contributed by atoms with van der Waals surface area (Å²) in [4.78, 5) is 25.3. The van der Waals surface area contributed by atoms with Crippen LogP contribution in [0.4, 0.5) is 0 Å². The molecule has 4 aromatic rings. The van der Waals surface area contributed by atoms with E-state index in [1.807, 2.05) is 18.2 Å². The summed E-state index contributed by atoms with van der Waals surface area (Å²) >= 11 is 0. The number of amides is 1. The summed E-state index contributed by atoms with van der Waals surface area (Å²) in [7, 11) is 0. The molecule has 6 nitrogen and oxygen atoms in total. The zero-order valence-corrected chi connectivity index (χ0v) is 18.2. The van der Waals surface area contributed by atoms with Crippen molar-refractivity contribution in [3.05, 3.63) is 138 Å². The van der Waals surface area contributed by atoms with E-state index in [4.69, 9.17) is 4.74 Å². The minimum Gasteiger partial charge on any atom is -0.423 e. The maximum absolute atomic E-state index is 13.1. The molecule has 0 bridgehead atoms. The standard InChI is InChI=1S/C28H22N2O4/c31-26(22-12-4-1-5-13-22)34-25-18-10-11-21(19-25)20-29-30-27(32)28(33,23-14-6-2-7-15-23)24-16-8-3-9-17-24/h1-20,33H,(H,30,32). The number of carbonyl (C=O) groups is 2. The van der Waals surface area contributed by atoms with Crippen molar-refractivity contribution >= 4 is 18.1 Å². The van der Waals surface area contributed by atoms with Crippen LogP contribution < -0.4 is 10.2 Å². The number of aliphatic hydroxyl groups is 1. The average Bonchev–Trinajstić information content (AvgIpc) is 2.90. The zero-order chi connectivity index (χ0) is 23.8. The number of ether oxygens (including phenoxy) is 1. The molecular weight excluding hydrogens is 428 g/mol. The van der Waals surface area contributed by atoms with Gasteiger partial charge in [0.05, 0.1) is 11.8 Å². The molecule has 0 aliphatic heterocycles. The molecule has 0 aliphatic rings. The number of benzene rings is 4. The molecule has 0 aromatic heterocycles. The smallest absolute Gasteiger partial charge is 0.343 e. The van der Waals surface area contributed by atoms with Gasteiger partial charge in [0.1, 0.15) is 5.75 Å². The molecule has 0 atom stereocenters. The van der Waals surface area contributed by atoms with Crippen molar-refractivity contribution in [2.75, 3.05) is 0 Å². The highest BCUT2D eigenvalue weighted by Crippen LogP contribution is 2.29. The predicted octanol–water partition coefficient (Wildman–Crippen LogP) is 4.29. The second kappa shape index (κ2) is 10.4. The fraction of sp³-hybridized carbons (Fsp3) is 0.0357. The quantitative estimate of drug-likeness (QED) is 0.190. The molecule has 1 amide bonds. The fourth-order valence-corrected chi connectivity index (χ4v) is 3.43. The van der Waals surface area contributed by atoms with E-state index in [1.165, 1.54) is 6.21 Å². The third-order valence-electron chi connectivity index (χ3n) is 5.17. The molecule has 0 saturated heterocycles. The van der Waals surface area contributed by atoms with Crippen molar-refractivity contribution in [2.45, 2.75) is 5.60 Å². The molecule has 168 valence electrons. The number of hydrogen-bond acceptors (Lipinski definition) is 5. The van der Waals surface area contributed by atoms with Crippen LogP contribution >= 0.6 is 0 Å². The zero-order valence-electron chi connectivity index (χ0n) is 18.2. The molecule has 0 aliphatic carbocycles. The maximum atomic E-state index is 13.1. The van der Waals surface area contributed by atoms with E-state index in [0.29, 0.717) is 28.0 Å². The lowest BCUT2D eigenvalue weighted by Gasteiger charge is -2.27. The van der Waals surface area contributed by atoms with E-state index in [-0.39, 0.29) is 0 Å². The van der Waals surface area contributed by atoms with Crippen LogP contribution in [0.1, 0.15) is 27.0 Å². The van der Waals surface area contributed by atoms with Crippen LogP contribution in [0.25, 0.3) is 0 Å². The molecule has 0 saturated carbocycles. The summed E-state index contributed by atoms with van der Waals surface area (Å²) < 4.78 is 5.41. The monoisotopic (exact) mass is 450 g/mol. The van der Waals surface area contributed by atoms with Gasteiger partial charge in [-0.15, -0.1) is 0 Å².